The van der Waals surface area contributed by atoms with E-state index in [1.165, 1.54) is 4.31 Å². The summed E-state index contributed by atoms with van der Waals surface area (Å²) in [4.78, 5) is 0.343. The maximum atomic E-state index is 12.8. The van der Waals surface area contributed by atoms with E-state index in [9.17, 15) is 8.42 Å². The quantitative estimate of drug-likeness (QED) is 0.851. The van der Waals surface area contributed by atoms with Crippen LogP contribution in [-0.2, 0) is 16.6 Å². The average molecular weight is 291 g/mol. The highest BCUT2D eigenvalue weighted by Crippen LogP contribution is 2.27. The molecule has 0 saturated heterocycles. The van der Waals surface area contributed by atoms with Gasteiger partial charge in [0.25, 0.3) is 10.0 Å². The zero-order valence-electron chi connectivity index (χ0n) is 11.6. The van der Waals surface area contributed by atoms with E-state index in [-0.39, 0.29) is 0 Å². The van der Waals surface area contributed by atoms with E-state index in [0.29, 0.717) is 17.3 Å². The van der Waals surface area contributed by atoms with Crippen LogP contribution in [0.1, 0.15) is 17.5 Å². The lowest BCUT2D eigenvalue weighted by Gasteiger charge is -2.28. The standard InChI is InChI=1S/C14H17N3O2S/c1-11-4-5-13(10-12(11)2)20(18,19)17-9-3-8-16-14(17)6-7-15-16/h4-7,10H,3,8-9H2,1-2H3. The fraction of sp³-hybridized carbons (Fsp3) is 0.357. The molecule has 0 radical (unpaired) electrons. The van der Waals surface area contributed by atoms with Crippen LogP contribution in [0.25, 0.3) is 0 Å². The fourth-order valence-electron chi connectivity index (χ4n) is 2.43. The molecule has 0 aliphatic carbocycles. The van der Waals surface area contributed by atoms with Gasteiger partial charge in [-0.25, -0.2) is 17.4 Å². The van der Waals surface area contributed by atoms with Crippen molar-refractivity contribution in [1.82, 2.24) is 9.78 Å². The van der Waals surface area contributed by atoms with Crippen LogP contribution in [0.5, 0.6) is 0 Å². The zero-order valence-corrected chi connectivity index (χ0v) is 12.4. The van der Waals surface area contributed by atoms with Crippen LogP contribution in [0.3, 0.4) is 0 Å². The third-order valence-electron chi connectivity index (χ3n) is 3.75. The fourth-order valence-corrected chi connectivity index (χ4v) is 4.02. The van der Waals surface area contributed by atoms with E-state index in [2.05, 4.69) is 5.10 Å². The van der Waals surface area contributed by atoms with Crippen molar-refractivity contribution in [3.63, 3.8) is 0 Å². The molecule has 0 unspecified atom stereocenters. The maximum Gasteiger partial charge on any atom is 0.265 e. The number of rotatable bonds is 2. The summed E-state index contributed by atoms with van der Waals surface area (Å²) < 4.78 is 28.8. The number of hydrogen-bond acceptors (Lipinski definition) is 3. The lowest BCUT2D eigenvalue weighted by atomic mass is 10.1. The van der Waals surface area contributed by atoms with Crippen molar-refractivity contribution < 1.29 is 8.42 Å². The first kappa shape index (κ1) is 13.2. The highest BCUT2D eigenvalue weighted by molar-refractivity contribution is 7.92. The first-order chi connectivity index (χ1) is 9.50. The smallest absolute Gasteiger partial charge is 0.250 e. The number of sulfonamides is 1. The largest absolute Gasteiger partial charge is 0.265 e. The van der Waals surface area contributed by atoms with Gasteiger partial charge in [0.2, 0.25) is 0 Å². The van der Waals surface area contributed by atoms with E-state index < -0.39 is 10.0 Å². The molecule has 5 nitrogen and oxygen atoms in total. The minimum Gasteiger partial charge on any atom is -0.250 e. The molecule has 0 saturated carbocycles. The molecule has 2 aromatic rings. The van der Waals surface area contributed by atoms with Gasteiger partial charge in [0.1, 0.15) is 5.82 Å². The lowest BCUT2D eigenvalue weighted by Crippen LogP contribution is -2.37. The second kappa shape index (κ2) is 4.63. The summed E-state index contributed by atoms with van der Waals surface area (Å²) >= 11 is 0. The Bertz CT molecular complexity index is 750. The zero-order chi connectivity index (χ0) is 14.3. The lowest BCUT2D eigenvalue weighted by molar-refractivity contribution is 0.532. The summed E-state index contributed by atoms with van der Waals surface area (Å²) in [5.41, 5.74) is 2.07. The Morgan fingerprint density at radius 3 is 2.65 bits per heavy atom. The third-order valence-corrected chi connectivity index (χ3v) is 5.55. The van der Waals surface area contributed by atoms with Crippen molar-refractivity contribution in [2.45, 2.75) is 31.7 Å². The molecule has 0 bridgehead atoms. The van der Waals surface area contributed by atoms with Crippen LogP contribution in [0.2, 0.25) is 0 Å². The second-order valence-electron chi connectivity index (χ2n) is 5.09. The van der Waals surface area contributed by atoms with Gasteiger partial charge in [0, 0.05) is 19.2 Å². The molecule has 0 amide bonds. The normalized spacial score (nSPS) is 15.2. The topological polar surface area (TPSA) is 55.2 Å². The maximum absolute atomic E-state index is 12.8. The number of nitrogens with zero attached hydrogens (tertiary/aromatic N) is 3. The van der Waals surface area contributed by atoms with E-state index in [1.54, 1.807) is 29.1 Å². The van der Waals surface area contributed by atoms with Crippen molar-refractivity contribution in [2.75, 3.05) is 10.8 Å². The van der Waals surface area contributed by atoms with Crippen LogP contribution in [0.15, 0.2) is 35.4 Å². The number of anilines is 1. The van der Waals surface area contributed by atoms with Crippen molar-refractivity contribution in [1.29, 1.82) is 0 Å². The SMILES string of the molecule is Cc1ccc(S(=O)(=O)N2CCCn3nccc32)cc1C. The predicted octanol–water partition coefficient (Wildman–Crippen LogP) is 2.10. The molecule has 1 aliphatic heterocycles. The molecule has 20 heavy (non-hydrogen) atoms. The van der Waals surface area contributed by atoms with Gasteiger partial charge in [-0.05, 0) is 43.5 Å². The Morgan fingerprint density at radius 2 is 1.90 bits per heavy atom. The first-order valence-corrected chi connectivity index (χ1v) is 8.06. The van der Waals surface area contributed by atoms with Gasteiger partial charge < -0.3 is 0 Å². The Labute approximate surface area is 118 Å². The second-order valence-corrected chi connectivity index (χ2v) is 6.95. The van der Waals surface area contributed by atoms with Crippen molar-refractivity contribution in [3.8, 4) is 0 Å². The Hall–Kier alpha value is -1.82. The highest BCUT2D eigenvalue weighted by Gasteiger charge is 2.29. The molecule has 1 aliphatic rings. The first-order valence-electron chi connectivity index (χ1n) is 6.62. The Kier molecular flexibility index (Phi) is 3.05. The van der Waals surface area contributed by atoms with E-state index in [1.807, 2.05) is 19.9 Å². The van der Waals surface area contributed by atoms with Crippen LogP contribution in [-0.4, -0.2) is 24.7 Å². The summed E-state index contributed by atoms with van der Waals surface area (Å²) in [5, 5.41) is 4.16. The van der Waals surface area contributed by atoms with Gasteiger partial charge in [-0.15, -0.1) is 0 Å². The van der Waals surface area contributed by atoms with Gasteiger partial charge >= 0.3 is 0 Å². The van der Waals surface area contributed by atoms with Crippen LogP contribution in [0.4, 0.5) is 5.82 Å². The van der Waals surface area contributed by atoms with Gasteiger partial charge in [-0.2, -0.15) is 5.10 Å². The minimum atomic E-state index is -3.51. The molecular weight excluding hydrogens is 274 g/mol. The Balaban J connectivity index is 2.07. The van der Waals surface area contributed by atoms with Crippen LogP contribution < -0.4 is 4.31 Å². The summed E-state index contributed by atoms with van der Waals surface area (Å²) in [6.07, 6.45) is 2.42. The number of fused-ring (bicyclic) bond motifs is 1. The molecule has 2 heterocycles. The monoisotopic (exact) mass is 291 g/mol. The highest BCUT2D eigenvalue weighted by atomic mass is 32.2. The number of aryl methyl sites for hydroxylation is 3. The van der Waals surface area contributed by atoms with Crippen LogP contribution in [0, 0.1) is 13.8 Å². The molecule has 0 fully saturated rings. The molecular formula is C14H17N3O2S. The predicted molar refractivity (Wildman–Crippen MR) is 77.3 cm³/mol. The van der Waals surface area contributed by atoms with Crippen molar-refractivity contribution in [3.05, 3.63) is 41.6 Å². The van der Waals surface area contributed by atoms with E-state index in [0.717, 1.165) is 24.1 Å². The number of benzene rings is 1. The van der Waals surface area contributed by atoms with Crippen molar-refractivity contribution in [2.24, 2.45) is 0 Å². The van der Waals surface area contributed by atoms with Crippen molar-refractivity contribution >= 4 is 15.8 Å². The van der Waals surface area contributed by atoms with Gasteiger partial charge in [0.15, 0.2) is 0 Å². The van der Waals surface area contributed by atoms with Gasteiger partial charge in [-0.1, -0.05) is 6.07 Å². The minimum absolute atomic E-state index is 0.343. The Morgan fingerprint density at radius 1 is 1.10 bits per heavy atom. The van der Waals surface area contributed by atoms with E-state index in [4.69, 9.17) is 0 Å². The molecule has 1 aromatic heterocycles. The molecule has 6 heteroatoms. The van der Waals surface area contributed by atoms with E-state index >= 15 is 0 Å². The number of aromatic nitrogens is 2. The average Bonchev–Trinajstić information content (AvgIpc) is 2.89. The molecule has 3 rings (SSSR count). The molecule has 0 N–H and O–H groups in total. The molecule has 106 valence electrons. The number of hydrogen-bond donors (Lipinski definition) is 0. The summed E-state index contributed by atoms with van der Waals surface area (Å²) in [6, 6.07) is 7.01. The van der Waals surface area contributed by atoms with Gasteiger partial charge in [0.05, 0.1) is 11.1 Å². The molecule has 0 atom stereocenters. The summed E-state index contributed by atoms with van der Waals surface area (Å²) in [6.45, 7) is 5.17. The summed E-state index contributed by atoms with van der Waals surface area (Å²) in [5.74, 6) is 0.648. The third kappa shape index (κ3) is 2.00. The van der Waals surface area contributed by atoms with Crippen LogP contribution >= 0.6 is 0 Å². The summed E-state index contributed by atoms with van der Waals surface area (Å²) in [7, 11) is -3.51. The van der Waals surface area contributed by atoms with Gasteiger partial charge in [-0.3, -0.25) is 0 Å². The molecule has 0 spiro atoms. The molecule has 1 aromatic carbocycles.